The minimum atomic E-state index is -5.16. The highest BCUT2D eigenvalue weighted by molar-refractivity contribution is 8.55. The number of phosphoric acid groups is 1. The van der Waals surface area contributed by atoms with Gasteiger partial charge >= 0.3 is 20.8 Å². The third-order valence-corrected chi connectivity index (χ3v) is 12.3. The van der Waals surface area contributed by atoms with Crippen LogP contribution in [-0.4, -0.2) is 117 Å². The Hall–Kier alpha value is -3.61. The van der Waals surface area contributed by atoms with Gasteiger partial charge in [0.2, 0.25) is 0 Å². The number of carbonyl (C=O) groups excluding carboxylic acids is 1. The number of rotatable bonds is 6. The van der Waals surface area contributed by atoms with E-state index in [0.29, 0.717) is 11.4 Å². The van der Waals surface area contributed by atoms with Gasteiger partial charge in [-0.2, -0.15) is 0 Å². The average molecular weight is 793 g/mol. The molecule has 0 aromatic carbocycles. The summed E-state index contributed by atoms with van der Waals surface area (Å²) < 4.78 is 90.6. The minimum absolute atomic E-state index is 0.000826. The Morgan fingerprint density at radius 1 is 0.942 bits per heavy atom. The molecule has 6 unspecified atom stereocenters. The van der Waals surface area contributed by atoms with Gasteiger partial charge in [0.1, 0.15) is 54.2 Å². The van der Waals surface area contributed by atoms with Crippen molar-refractivity contribution in [3.63, 3.8) is 0 Å². The lowest BCUT2D eigenvalue weighted by molar-refractivity contribution is -0.0619. The number of phosphoric ester groups is 1. The van der Waals surface area contributed by atoms with E-state index in [1.54, 1.807) is 13.8 Å². The maximum Gasteiger partial charge on any atom is 0.509 e. The molecule has 10 atom stereocenters. The molecule has 27 heteroatoms. The zero-order chi connectivity index (χ0) is 36.9. The van der Waals surface area contributed by atoms with Gasteiger partial charge in [-0.1, -0.05) is 0 Å². The van der Waals surface area contributed by atoms with Gasteiger partial charge in [-0.25, -0.2) is 48.2 Å². The largest absolute Gasteiger partial charge is 0.509 e. The zero-order valence-electron chi connectivity index (χ0n) is 26.9. The van der Waals surface area contributed by atoms with Crippen LogP contribution in [0, 0.1) is 0 Å². The number of hydrogen-bond donors (Lipinski definition) is 4. The van der Waals surface area contributed by atoms with Crippen molar-refractivity contribution in [3.05, 3.63) is 25.3 Å². The average Bonchev–Trinajstić information content (AvgIpc) is 3.84. The SMILES string of the molecule is CC(C)OC(=O)OCSP1(=O)OC[C@H]2O[C@@H](n3cnc4c(N)ncnc43)C(F)C2OP(=O)(O)OC[C@H]2O[C@@H](n3cnc4c(N)ncnc43)C(O1)C2O. The van der Waals surface area contributed by atoms with Crippen molar-refractivity contribution < 1.29 is 65.4 Å². The Morgan fingerprint density at radius 2 is 1.54 bits per heavy atom. The lowest BCUT2D eigenvalue weighted by Gasteiger charge is -2.27. The summed E-state index contributed by atoms with van der Waals surface area (Å²) in [6, 6.07) is 0. The molecule has 0 spiro atoms. The van der Waals surface area contributed by atoms with Crippen LogP contribution in [0.3, 0.4) is 0 Å². The van der Waals surface area contributed by atoms with Crippen LogP contribution in [0.1, 0.15) is 26.3 Å². The number of ether oxygens (including phenoxy) is 4. The Balaban J connectivity index is 1.22. The third-order valence-electron chi connectivity index (χ3n) is 7.93. The van der Waals surface area contributed by atoms with E-state index in [-0.39, 0.29) is 34.0 Å². The first kappa shape index (κ1) is 36.7. The molecule has 4 aromatic heterocycles. The van der Waals surface area contributed by atoms with E-state index in [4.69, 9.17) is 48.5 Å². The molecule has 282 valence electrons. The summed E-state index contributed by atoms with van der Waals surface area (Å²) in [6.45, 7) is -3.06. The molecule has 0 saturated carbocycles. The first-order chi connectivity index (χ1) is 24.7. The van der Waals surface area contributed by atoms with Crippen LogP contribution < -0.4 is 11.5 Å². The van der Waals surface area contributed by atoms with Crippen LogP contribution in [0.5, 0.6) is 0 Å². The second-order valence-electron chi connectivity index (χ2n) is 11.7. The number of carbonyl (C=O) groups is 1. The number of hydrogen-bond acceptors (Lipinski definition) is 21. The van der Waals surface area contributed by atoms with Crippen molar-refractivity contribution in [2.45, 2.75) is 69.1 Å². The number of nitrogen functional groups attached to an aromatic ring is 2. The second kappa shape index (κ2) is 14.3. The summed E-state index contributed by atoms with van der Waals surface area (Å²) >= 11 is 0.372. The molecule has 6 N–H and O–H groups in total. The first-order valence-corrected chi connectivity index (χ1v) is 19.9. The summed E-state index contributed by atoms with van der Waals surface area (Å²) in [5.74, 6) is -0.626. The van der Waals surface area contributed by atoms with Gasteiger partial charge in [-0.05, 0) is 13.8 Å². The molecule has 2 bridgehead atoms. The van der Waals surface area contributed by atoms with Gasteiger partial charge in [-0.15, -0.1) is 0 Å². The Morgan fingerprint density at radius 3 is 2.17 bits per heavy atom. The predicted molar refractivity (Wildman–Crippen MR) is 172 cm³/mol. The van der Waals surface area contributed by atoms with Crippen molar-refractivity contribution in [3.8, 4) is 0 Å². The van der Waals surface area contributed by atoms with Crippen molar-refractivity contribution in [2.75, 3.05) is 30.6 Å². The van der Waals surface area contributed by atoms with Crippen molar-refractivity contribution in [2.24, 2.45) is 0 Å². The highest BCUT2D eigenvalue weighted by atomic mass is 32.7. The Kier molecular flexibility index (Phi) is 10.1. The van der Waals surface area contributed by atoms with Gasteiger partial charge in [0.15, 0.2) is 47.5 Å². The molecular formula is C25H31FN10O13P2S. The molecule has 0 amide bonds. The van der Waals surface area contributed by atoms with Crippen molar-refractivity contribution >= 4 is 66.1 Å². The number of halogens is 1. The summed E-state index contributed by atoms with van der Waals surface area (Å²) in [5, 5.41) is 11.4. The lowest BCUT2D eigenvalue weighted by atomic mass is 10.1. The molecule has 52 heavy (non-hydrogen) atoms. The van der Waals surface area contributed by atoms with Crippen molar-refractivity contribution in [1.29, 1.82) is 0 Å². The van der Waals surface area contributed by atoms with E-state index in [9.17, 15) is 23.9 Å². The van der Waals surface area contributed by atoms with Gasteiger partial charge in [0, 0.05) is 11.4 Å². The first-order valence-electron chi connectivity index (χ1n) is 15.3. The molecule has 23 nitrogen and oxygen atoms in total. The molecule has 3 aliphatic heterocycles. The van der Waals surface area contributed by atoms with Crippen LogP contribution in [0.2, 0.25) is 0 Å². The van der Waals surface area contributed by atoms with Gasteiger partial charge in [0.05, 0.1) is 32.0 Å². The summed E-state index contributed by atoms with van der Waals surface area (Å²) in [7, 11) is -5.16. The number of aromatic nitrogens is 8. The van der Waals surface area contributed by atoms with E-state index in [1.807, 2.05) is 0 Å². The van der Waals surface area contributed by atoms with Crippen LogP contribution >= 0.6 is 26.0 Å². The Bertz CT molecular complexity index is 2060. The maximum atomic E-state index is 16.2. The monoisotopic (exact) mass is 792 g/mol. The standard InChI is InChI=1S/C25H31FN10O13P2S/c1-10(2)45-25(38)42-9-52-51(41)44-4-12-17(13(26)23(47-12)35-7-33-14-19(27)29-5-31-21(14)35)48-50(39,40)43-3-11-16(37)18(49-51)24(46-11)36-8-34-15-20(28)30-6-32-22(15)36/h5-8,10-13,16-18,23-24,37H,3-4,9H2,1-2H3,(H,39,40)(H2,27,29,31)(H2,28,30,32)/t11-,12-,13?,16?,17?,18?,23-,24-,51?/m1/s1. The molecular weight excluding hydrogens is 761 g/mol. The van der Waals surface area contributed by atoms with E-state index >= 15 is 4.39 Å². The molecule has 3 aliphatic rings. The lowest BCUT2D eigenvalue weighted by Crippen LogP contribution is -2.35. The number of nitrogens with zero attached hydrogens (tertiary/aromatic N) is 8. The predicted octanol–water partition coefficient (Wildman–Crippen LogP) is 1.60. The fourth-order valence-electron chi connectivity index (χ4n) is 5.61. The van der Waals surface area contributed by atoms with E-state index < -0.39 is 95.2 Å². The molecule has 0 radical (unpaired) electrons. The quantitative estimate of drug-likeness (QED) is 0.122. The molecule has 7 rings (SSSR count). The van der Waals surface area contributed by atoms with Crippen LogP contribution in [0.25, 0.3) is 22.3 Å². The van der Waals surface area contributed by atoms with E-state index in [0.717, 1.165) is 12.7 Å². The van der Waals surface area contributed by atoms with E-state index in [2.05, 4.69) is 29.9 Å². The summed E-state index contributed by atoms with van der Waals surface area (Å²) in [6.07, 6.45) is -10.3. The van der Waals surface area contributed by atoms with Crippen LogP contribution in [-0.2, 0) is 46.2 Å². The van der Waals surface area contributed by atoms with Gasteiger partial charge in [-0.3, -0.25) is 27.2 Å². The fraction of sp³-hybridized carbons (Fsp3) is 0.560. The Labute approximate surface area is 295 Å². The number of fused-ring (bicyclic) bond motifs is 5. The van der Waals surface area contributed by atoms with Gasteiger partial charge < -0.3 is 40.4 Å². The second-order valence-corrected chi connectivity index (χ2v) is 17.1. The van der Waals surface area contributed by atoms with Gasteiger partial charge in [0.25, 0.3) is 0 Å². The number of alkyl halides is 1. The van der Waals surface area contributed by atoms with Crippen LogP contribution in [0.4, 0.5) is 20.8 Å². The van der Waals surface area contributed by atoms with Crippen molar-refractivity contribution in [1.82, 2.24) is 39.0 Å². The normalized spacial score (nSPS) is 34.1. The smallest absolute Gasteiger partial charge is 0.432 e. The highest BCUT2D eigenvalue weighted by Crippen LogP contribution is 2.64. The van der Waals surface area contributed by atoms with E-state index in [1.165, 1.54) is 21.8 Å². The summed E-state index contributed by atoms with van der Waals surface area (Å²) in [4.78, 5) is 47.1. The highest BCUT2D eigenvalue weighted by Gasteiger charge is 2.55. The number of anilines is 2. The third kappa shape index (κ3) is 7.18. The minimum Gasteiger partial charge on any atom is -0.432 e. The molecule has 3 fully saturated rings. The summed E-state index contributed by atoms with van der Waals surface area (Å²) in [5.41, 5.74) is 12.3. The maximum absolute atomic E-state index is 16.2. The number of aliphatic hydroxyl groups is 1. The number of nitrogens with two attached hydrogens (primary N) is 2. The molecule has 7 heterocycles. The molecule has 0 aliphatic carbocycles. The fourth-order valence-corrected chi connectivity index (χ4v) is 9.33. The topological polar surface area (TPSA) is 305 Å². The molecule has 3 saturated heterocycles. The van der Waals surface area contributed by atoms with Crippen LogP contribution in [0.15, 0.2) is 25.3 Å². The zero-order valence-corrected chi connectivity index (χ0v) is 29.5. The molecule has 4 aromatic rings. The number of imidazole rings is 2. The number of aliphatic hydroxyl groups excluding tert-OH is 1.